The van der Waals surface area contributed by atoms with E-state index in [1.165, 1.54) is 0 Å². The van der Waals surface area contributed by atoms with E-state index in [1.807, 2.05) is 35.8 Å². The minimum Gasteiger partial charge on any atom is -0.371 e. The van der Waals surface area contributed by atoms with Crippen LogP contribution in [-0.2, 0) is 12.1 Å². The maximum Gasteiger partial charge on any atom is 0.141 e. The molecule has 1 N–H and O–H groups in total. The van der Waals surface area contributed by atoms with Gasteiger partial charge in [-0.2, -0.15) is 0 Å². The van der Waals surface area contributed by atoms with Crippen molar-refractivity contribution in [2.24, 2.45) is 5.41 Å². The van der Waals surface area contributed by atoms with Crippen LogP contribution in [0.15, 0.2) is 24.3 Å². The van der Waals surface area contributed by atoms with Gasteiger partial charge in [-0.05, 0) is 24.5 Å². The molecule has 0 aliphatic carbocycles. The van der Waals surface area contributed by atoms with Crippen molar-refractivity contribution < 1.29 is 5.11 Å². The second kappa shape index (κ2) is 3.10. The molecule has 0 unspecified atom stereocenters. The average Bonchev–Trinajstić information content (AvgIpc) is 2.51. The van der Waals surface area contributed by atoms with Gasteiger partial charge < -0.3 is 5.11 Å². The van der Waals surface area contributed by atoms with E-state index in [2.05, 4.69) is 18.8 Å². The van der Waals surface area contributed by atoms with Crippen LogP contribution in [0.5, 0.6) is 0 Å². The zero-order chi connectivity index (χ0) is 12.3. The Kier molecular flexibility index (Phi) is 1.97. The first-order chi connectivity index (χ1) is 7.89. The minimum absolute atomic E-state index is 0.0981. The first-order valence-corrected chi connectivity index (χ1v) is 6.08. The molecule has 0 saturated carbocycles. The maximum absolute atomic E-state index is 10.7. The van der Waals surface area contributed by atoms with Crippen LogP contribution in [0.1, 0.15) is 33.0 Å². The third kappa shape index (κ3) is 1.57. The lowest BCUT2D eigenvalue weighted by Crippen LogP contribution is -2.42. The van der Waals surface area contributed by atoms with E-state index in [9.17, 15) is 5.11 Å². The van der Waals surface area contributed by atoms with E-state index < -0.39 is 5.72 Å². The zero-order valence-electron chi connectivity index (χ0n) is 10.6. The summed E-state index contributed by atoms with van der Waals surface area (Å²) in [6.07, 6.45) is 1.67. The summed E-state index contributed by atoms with van der Waals surface area (Å²) in [5, 5.41) is 10.7. The molecule has 90 valence electrons. The van der Waals surface area contributed by atoms with Gasteiger partial charge in [0.25, 0.3) is 0 Å². The lowest BCUT2D eigenvalue weighted by atomic mass is 9.78. The number of aromatic nitrogens is 2. The molecular formula is C14H18N2O. The van der Waals surface area contributed by atoms with Crippen molar-refractivity contribution in [2.75, 3.05) is 0 Å². The number of hydrogen-bond donors (Lipinski definition) is 1. The Morgan fingerprint density at radius 2 is 1.94 bits per heavy atom. The number of nitrogens with zero attached hydrogens (tertiary/aromatic N) is 2. The molecule has 0 radical (unpaired) electrons. The molecule has 3 heteroatoms. The van der Waals surface area contributed by atoms with Gasteiger partial charge in [0.05, 0.1) is 11.0 Å². The van der Waals surface area contributed by atoms with Gasteiger partial charge in [0.2, 0.25) is 0 Å². The monoisotopic (exact) mass is 230 g/mol. The predicted molar refractivity (Wildman–Crippen MR) is 67.7 cm³/mol. The van der Waals surface area contributed by atoms with Crippen LogP contribution in [0.3, 0.4) is 0 Å². The van der Waals surface area contributed by atoms with Crippen molar-refractivity contribution in [3.05, 3.63) is 30.1 Å². The summed E-state index contributed by atoms with van der Waals surface area (Å²) in [5.74, 6) is 0.993. The SMILES string of the molecule is CC1(C)Cc2nc3ccccc3n2[C@@](C)(O)C1. The lowest BCUT2D eigenvalue weighted by molar-refractivity contribution is -0.0702. The van der Waals surface area contributed by atoms with Crippen LogP contribution in [-0.4, -0.2) is 14.7 Å². The van der Waals surface area contributed by atoms with Gasteiger partial charge >= 0.3 is 0 Å². The Hall–Kier alpha value is -1.35. The molecule has 2 heterocycles. The van der Waals surface area contributed by atoms with Gasteiger partial charge in [-0.3, -0.25) is 4.57 Å². The Bertz CT molecular complexity index is 581. The summed E-state index contributed by atoms with van der Waals surface area (Å²) in [6.45, 7) is 6.25. The number of rotatable bonds is 0. The van der Waals surface area contributed by atoms with E-state index in [1.54, 1.807) is 0 Å². The van der Waals surface area contributed by atoms with Crippen LogP contribution in [0.25, 0.3) is 11.0 Å². The lowest BCUT2D eigenvalue weighted by Gasteiger charge is -2.40. The highest BCUT2D eigenvalue weighted by Gasteiger charge is 2.40. The van der Waals surface area contributed by atoms with Crippen LogP contribution in [0.4, 0.5) is 0 Å². The number of aliphatic hydroxyl groups is 1. The Morgan fingerprint density at radius 1 is 1.24 bits per heavy atom. The number of imidazole rings is 1. The van der Waals surface area contributed by atoms with E-state index in [0.717, 1.165) is 29.7 Å². The number of benzene rings is 1. The molecule has 1 aromatic carbocycles. The van der Waals surface area contributed by atoms with Crippen LogP contribution in [0, 0.1) is 5.41 Å². The van der Waals surface area contributed by atoms with Gasteiger partial charge in [0, 0.05) is 12.8 Å². The first-order valence-electron chi connectivity index (χ1n) is 6.08. The van der Waals surface area contributed by atoms with Crippen molar-refractivity contribution in [1.29, 1.82) is 0 Å². The standard InChI is InChI=1S/C14H18N2O/c1-13(2)8-12-15-10-6-4-5-7-11(10)16(12)14(3,17)9-13/h4-7,17H,8-9H2,1-3H3/t14-/m0/s1. The van der Waals surface area contributed by atoms with E-state index in [4.69, 9.17) is 0 Å². The summed E-state index contributed by atoms with van der Waals surface area (Å²) in [7, 11) is 0. The van der Waals surface area contributed by atoms with E-state index in [-0.39, 0.29) is 5.41 Å². The van der Waals surface area contributed by atoms with Gasteiger partial charge in [0.1, 0.15) is 11.5 Å². The fourth-order valence-corrected chi connectivity index (χ4v) is 3.21. The zero-order valence-corrected chi connectivity index (χ0v) is 10.6. The second-order valence-electron chi connectivity index (χ2n) is 6.09. The molecule has 0 bridgehead atoms. The molecule has 0 saturated heterocycles. The summed E-state index contributed by atoms with van der Waals surface area (Å²) in [6, 6.07) is 8.01. The summed E-state index contributed by atoms with van der Waals surface area (Å²) < 4.78 is 1.99. The van der Waals surface area contributed by atoms with Crippen LogP contribution >= 0.6 is 0 Å². The highest BCUT2D eigenvalue weighted by molar-refractivity contribution is 5.76. The smallest absolute Gasteiger partial charge is 0.141 e. The van der Waals surface area contributed by atoms with E-state index >= 15 is 0 Å². The maximum atomic E-state index is 10.7. The molecule has 1 aromatic heterocycles. The fourth-order valence-electron chi connectivity index (χ4n) is 3.21. The molecule has 17 heavy (non-hydrogen) atoms. The van der Waals surface area contributed by atoms with Crippen molar-refractivity contribution in [1.82, 2.24) is 9.55 Å². The van der Waals surface area contributed by atoms with Gasteiger partial charge in [-0.1, -0.05) is 26.0 Å². The molecule has 3 nitrogen and oxygen atoms in total. The molecule has 2 aromatic rings. The van der Waals surface area contributed by atoms with Crippen molar-refractivity contribution in [2.45, 2.75) is 39.3 Å². The molecule has 3 rings (SSSR count). The highest BCUT2D eigenvalue weighted by atomic mass is 16.3. The third-order valence-electron chi connectivity index (χ3n) is 3.56. The Labute approximate surface area is 101 Å². The molecule has 0 amide bonds. The fraction of sp³-hybridized carbons (Fsp3) is 0.500. The molecule has 1 atom stereocenters. The quantitative estimate of drug-likeness (QED) is 0.755. The molecule has 1 aliphatic heterocycles. The summed E-state index contributed by atoms with van der Waals surface area (Å²) in [5.41, 5.74) is 1.26. The molecule has 0 spiro atoms. The topological polar surface area (TPSA) is 38.0 Å². The summed E-state index contributed by atoms with van der Waals surface area (Å²) in [4.78, 5) is 4.65. The molecule has 0 fully saturated rings. The molecular weight excluding hydrogens is 212 g/mol. The third-order valence-corrected chi connectivity index (χ3v) is 3.56. The Balaban J connectivity index is 2.31. The number of para-hydroxylation sites is 2. The number of hydrogen-bond acceptors (Lipinski definition) is 2. The van der Waals surface area contributed by atoms with Crippen molar-refractivity contribution >= 4 is 11.0 Å². The summed E-state index contributed by atoms with van der Waals surface area (Å²) >= 11 is 0. The van der Waals surface area contributed by atoms with E-state index in [0.29, 0.717) is 0 Å². The minimum atomic E-state index is -0.840. The highest BCUT2D eigenvalue weighted by Crippen LogP contribution is 2.41. The number of fused-ring (bicyclic) bond motifs is 3. The van der Waals surface area contributed by atoms with Crippen LogP contribution < -0.4 is 0 Å². The largest absolute Gasteiger partial charge is 0.371 e. The average molecular weight is 230 g/mol. The normalized spacial score (nSPS) is 27.1. The van der Waals surface area contributed by atoms with Gasteiger partial charge in [0.15, 0.2) is 0 Å². The van der Waals surface area contributed by atoms with Crippen molar-refractivity contribution in [3.8, 4) is 0 Å². The van der Waals surface area contributed by atoms with Gasteiger partial charge in [-0.25, -0.2) is 4.98 Å². The van der Waals surface area contributed by atoms with Crippen molar-refractivity contribution in [3.63, 3.8) is 0 Å². The predicted octanol–water partition coefficient (Wildman–Crippen LogP) is 2.67. The van der Waals surface area contributed by atoms with Gasteiger partial charge in [-0.15, -0.1) is 0 Å². The molecule has 1 aliphatic rings. The second-order valence-corrected chi connectivity index (χ2v) is 6.09. The Morgan fingerprint density at radius 3 is 2.71 bits per heavy atom. The first kappa shape index (κ1) is 10.8. The van der Waals surface area contributed by atoms with Crippen LogP contribution in [0.2, 0.25) is 0 Å².